The molecule has 0 aliphatic carbocycles. The minimum Gasteiger partial charge on any atom is -0.469 e. The van der Waals surface area contributed by atoms with E-state index in [1.54, 1.807) is 18.0 Å². The number of carbonyl (C=O) groups excluding carboxylic acids is 1. The monoisotopic (exact) mass is 251 g/mol. The molecule has 1 aromatic carbocycles. The van der Waals surface area contributed by atoms with Crippen LogP contribution in [0.1, 0.15) is 6.42 Å². The Kier molecular flexibility index (Phi) is 3.45. The molecule has 1 heterocycles. The van der Waals surface area contributed by atoms with Crippen LogP contribution >= 0.6 is 0 Å². The Hall–Kier alpha value is -2.11. The predicted octanol–water partition coefficient (Wildman–Crippen LogP) is 1.70. The number of anilines is 1. The number of hydrogen-bond acceptors (Lipinski definition) is 4. The molecule has 0 saturated heterocycles. The lowest BCUT2D eigenvalue weighted by molar-refractivity contribution is -0.140. The zero-order valence-corrected chi connectivity index (χ0v) is 10.2. The number of benzene rings is 1. The Morgan fingerprint density at radius 1 is 1.56 bits per heavy atom. The van der Waals surface area contributed by atoms with E-state index in [1.807, 2.05) is 0 Å². The van der Waals surface area contributed by atoms with Crippen LogP contribution < -0.4 is 4.90 Å². The Bertz CT molecular complexity index is 567. The van der Waals surface area contributed by atoms with Crippen molar-refractivity contribution in [2.45, 2.75) is 6.42 Å². The van der Waals surface area contributed by atoms with Crippen LogP contribution in [0.5, 0.6) is 0 Å². The van der Waals surface area contributed by atoms with Crippen molar-refractivity contribution >= 4 is 23.0 Å². The van der Waals surface area contributed by atoms with E-state index < -0.39 is 0 Å². The molecule has 6 heteroatoms. The number of nitrogens with one attached hydrogen (secondary N) is 1. The number of imidazole rings is 1. The third-order valence-electron chi connectivity index (χ3n) is 2.67. The predicted molar refractivity (Wildman–Crippen MR) is 66.0 cm³/mol. The number of methoxy groups -OCH3 is 1. The van der Waals surface area contributed by atoms with Gasteiger partial charge in [0.1, 0.15) is 5.82 Å². The molecule has 2 aromatic rings. The van der Waals surface area contributed by atoms with Gasteiger partial charge in [0.25, 0.3) is 0 Å². The van der Waals surface area contributed by atoms with Gasteiger partial charge in [-0.05, 0) is 18.2 Å². The molecular formula is C12H14FN3O2. The van der Waals surface area contributed by atoms with Crippen molar-refractivity contribution < 1.29 is 13.9 Å². The normalized spacial score (nSPS) is 10.6. The fourth-order valence-electron chi connectivity index (χ4n) is 1.62. The van der Waals surface area contributed by atoms with E-state index >= 15 is 0 Å². The summed E-state index contributed by atoms with van der Waals surface area (Å²) in [7, 11) is 3.16. The van der Waals surface area contributed by atoms with Crippen LogP contribution in [0.3, 0.4) is 0 Å². The summed E-state index contributed by atoms with van der Waals surface area (Å²) < 4.78 is 17.6. The van der Waals surface area contributed by atoms with Gasteiger partial charge in [-0.15, -0.1) is 0 Å². The van der Waals surface area contributed by atoms with E-state index in [9.17, 15) is 9.18 Å². The van der Waals surface area contributed by atoms with Crippen molar-refractivity contribution in [3.63, 3.8) is 0 Å². The smallest absolute Gasteiger partial charge is 0.307 e. The molecule has 0 aliphatic heterocycles. The number of hydrogen-bond donors (Lipinski definition) is 1. The van der Waals surface area contributed by atoms with Crippen LogP contribution in [-0.4, -0.2) is 36.6 Å². The van der Waals surface area contributed by atoms with Crippen LogP contribution in [0, 0.1) is 5.82 Å². The van der Waals surface area contributed by atoms with Crippen molar-refractivity contribution in [1.29, 1.82) is 0 Å². The van der Waals surface area contributed by atoms with Crippen LogP contribution in [-0.2, 0) is 9.53 Å². The topological polar surface area (TPSA) is 58.2 Å². The lowest BCUT2D eigenvalue weighted by Gasteiger charge is -2.14. The zero-order valence-electron chi connectivity index (χ0n) is 10.2. The molecule has 0 saturated carbocycles. The molecule has 0 amide bonds. The second kappa shape index (κ2) is 5.03. The molecule has 1 N–H and O–H groups in total. The quantitative estimate of drug-likeness (QED) is 0.840. The summed E-state index contributed by atoms with van der Waals surface area (Å²) in [5, 5.41) is 0. The highest BCUT2D eigenvalue weighted by molar-refractivity contribution is 5.77. The van der Waals surface area contributed by atoms with Gasteiger partial charge in [0.15, 0.2) is 0 Å². The molecule has 1 aromatic heterocycles. The molecule has 0 aliphatic rings. The van der Waals surface area contributed by atoms with Gasteiger partial charge < -0.3 is 14.6 Å². The maximum absolute atomic E-state index is 13.0. The fraction of sp³-hybridized carbons (Fsp3) is 0.333. The first kappa shape index (κ1) is 12.3. The van der Waals surface area contributed by atoms with Crippen LogP contribution in [0.15, 0.2) is 18.2 Å². The van der Waals surface area contributed by atoms with Crippen molar-refractivity contribution in [2.24, 2.45) is 0 Å². The van der Waals surface area contributed by atoms with Gasteiger partial charge in [0.2, 0.25) is 5.95 Å². The maximum atomic E-state index is 13.0. The summed E-state index contributed by atoms with van der Waals surface area (Å²) in [5.41, 5.74) is 1.33. The van der Waals surface area contributed by atoms with Crippen molar-refractivity contribution in [3.05, 3.63) is 24.0 Å². The highest BCUT2D eigenvalue weighted by Gasteiger charge is 2.10. The largest absolute Gasteiger partial charge is 0.469 e. The number of carbonyl (C=O) groups is 1. The van der Waals surface area contributed by atoms with Gasteiger partial charge in [-0.1, -0.05) is 0 Å². The molecular weight excluding hydrogens is 237 g/mol. The number of aromatic nitrogens is 2. The third-order valence-corrected chi connectivity index (χ3v) is 2.67. The molecule has 0 bridgehead atoms. The van der Waals surface area contributed by atoms with Crippen LogP contribution in [0.25, 0.3) is 11.0 Å². The number of fused-ring (bicyclic) bond motifs is 1. The first-order valence-electron chi connectivity index (χ1n) is 5.53. The number of halogens is 1. The van der Waals surface area contributed by atoms with Crippen molar-refractivity contribution in [1.82, 2.24) is 9.97 Å². The average Bonchev–Trinajstić information content (AvgIpc) is 2.78. The summed E-state index contributed by atoms with van der Waals surface area (Å²) in [6.07, 6.45) is 0.276. The molecule has 5 nitrogen and oxygen atoms in total. The Morgan fingerprint density at radius 2 is 2.33 bits per heavy atom. The lowest BCUT2D eigenvalue weighted by Crippen LogP contribution is -2.22. The van der Waals surface area contributed by atoms with E-state index in [0.717, 1.165) is 0 Å². The minimum atomic E-state index is -0.310. The maximum Gasteiger partial charge on any atom is 0.307 e. The Labute approximate surface area is 104 Å². The van der Waals surface area contributed by atoms with Gasteiger partial charge >= 0.3 is 5.97 Å². The zero-order chi connectivity index (χ0) is 13.1. The standard InChI is InChI=1S/C12H14FN3O2/c1-16(6-5-11(17)18-2)12-14-9-4-3-8(13)7-10(9)15-12/h3-4,7H,5-6H2,1-2H3,(H,14,15). The molecule has 0 fully saturated rings. The molecule has 2 rings (SSSR count). The first-order valence-corrected chi connectivity index (χ1v) is 5.53. The van der Waals surface area contributed by atoms with Gasteiger partial charge in [0, 0.05) is 13.6 Å². The van der Waals surface area contributed by atoms with E-state index in [1.165, 1.54) is 19.2 Å². The summed E-state index contributed by atoms with van der Waals surface area (Å²) in [5.74, 6) is 0.0124. The van der Waals surface area contributed by atoms with E-state index in [2.05, 4.69) is 14.7 Å². The van der Waals surface area contributed by atoms with E-state index in [0.29, 0.717) is 23.5 Å². The van der Waals surface area contributed by atoms with Gasteiger partial charge in [-0.2, -0.15) is 0 Å². The third kappa shape index (κ3) is 2.58. The SMILES string of the molecule is COC(=O)CCN(C)c1nc2ccc(F)cc2[nH]1. The fourth-order valence-corrected chi connectivity index (χ4v) is 1.62. The minimum absolute atomic E-state index is 0.274. The van der Waals surface area contributed by atoms with E-state index in [4.69, 9.17) is 0 Å². The Morgan fingerprint density at radius 3 is 3.06 bits per heavy atom. The number of rotatable bonds is 4. The Balaban J connectivity index is 2.13. The molecule has 0 spiro atoms. The molecule has 96 valence electrons. The van der Waals surface area contributed by atoms with Crippen molar-refractivity contribution in [2.75, 3.05) is 25.6 Å². The van der Waals surface area contributed by atoms with Crippen molar-refractivity contribution in [3.8, 4) is 0 Å². The summed E-state index contributed by atoms with van der Waals surface area (Å²) >= 11 is 0. The number of ether oxygens (including phenoxy) is 1. The summed E-state index contributed by atoms with van der Waals surface area (Å²) in [6.45, 7) is 0.481. The van der Waals surface area contributed by atoms with Gasteiger partial charge in [-0.3, -0.25) is 4.79 Å². The van der Waals surface area contributed by atoms with Crippen LogP contribution in [0.2, 0.25) is 0 Å². The number of H-pyrrole nitrogens is 1. The molecule has 0 atom stereocenters. The average molecular weight is 251 g/mol. The van der Waals surface area contributed by atoms with E-state index in [-0.39, 0.29) is 18.2 Å². The lowest BCUT2D eigenvalue weighted by atomic mass is 10.3. The highest BCUT2D eigenvalue weighted by Crippen LogP contribution is 2.17. The van der Waals surface area contributed by atoms with Crippen LogP contribution in [0.4, 0.5) is 10.3 Å². The summed E-state index contributed by atoms with van der Waals surface area (Å²) in [4.78, 5) is 20.1. The highest BCUT2D eigenvalue weighted by atomic mass is 19.1. The molecule has 18 heavy (non-hydrogen) atoms. The van der Waals surface area contributed by atoms with Gasteiger partial charge in [-0.25, -0.2) is 9.37 Å². The summed E-state index contributed by atoms with van der Waals surface area (Å²) in [6, 6.07) is 4.36. The molecule has 0 unspecified atom stereocenters. The second-order valence-corrected chi connectivity index (χ2v) is 3.97. The van der Waals surface area contributed by atoms with Gasteiger partial charge in [0.05, 0.1) is 24.6 Å². The number of aromatic amines is 1. The molecule has 0 radical (unpaired) electrons. The number of nitrogens with zero attached hydrogens (tertiary/aromatic N) is 2. The first-order chi connectivity index (χ1) is 8.60. The number of esters is 1. The second-order valence-electron chi connectivity index (χ2n) is 3.97.